The van der Waals surface area contributed by atoms with Crippen molar-refractivity contribution in [2.45, 2.75) is 85.5 Å². The maximum Gasteiger partial charge on any atom is 0.0547 e. The molecule has 51 heavy (non-hydrogen) atoms. The van der Waals surface area contributed by atoms with E-state index in [4.69, 9.17) is 0 Å². The average molecular weight is 667 g/mol. The summed E-state index contributed by atoms with van der Waals surface area (Å²) < 4.78 is 5.07. The van der Waals surface area contributed by atoms with Crippen LogP contribution in [-0.2, 0) is 16.2 Å². The lowest BCUT2D eigenvalue weighted by atomic mass is 9.80. The lowest BCUT2D eigenvalue weighted by Gasteiger charge is -2.27. The Kier molecular flexibility index (Phi) is 7.44. The second-order valence-electron chi connectivity index (χ2n) is 17.6. The first-order valence-corrected chi connectivity index (χ1v) is 18.5. The van der Waals surface area contributed by atoms with E-state index in [9.17, 15) is 0 Å². The number of nitrogens with zero attached hydrogens (tertiary/aromatic N) is 2. The Bertz CT molecular complexity index is 2550. The number of fused-ring (bicyclic) bond motifs is 6. The van der Waals surface area contributed by atoms with Crippen LogP contribution in [0.2, 0.25) is 0 Å². The van der Waals surface area contributed by atoms with Crippen LogP contribution >= 0.6 is 0 Å². The molecule has 0 saturated carbocycles. The predicted molar refractivity (Wildman–Crippen MR) is 221 cm³/mol. The minimum Gasteiger partial charge on any atom is -0.309 e. The third kappa shape index (κ3) is 5.39. The van der Waals surface area contributed by atoms with Crippen LogP contribution in [0.15, 0.2) is 121 Å². The van der Waals surface area contributed by atoms with Gasteiger partial charge in [0.05, 0.1) is 27.8 Å². The van der Waals surface area contributed by atoms with Gasteiger partial charge in [0.1, 0.15) is 0 Å². The SMILES string of the molecule is Cc1cccc(-c2cccc3c2c2c(C(C)(C)C)c(-n4c5ccccc5c5ccccc54)ccc2n3-c2cc(C(C)(C)C)cc(C(C)(C)C)c2)c1. The van der Waals surface area contributed by atoms with Crippen LogP contribution in [0.1, 0.15) is 84.6 Å². The fraction of sp³-hybridized carbons (Fsp3) is 0.265. The Hall–Kier alpha value is -5.08. The van der Waals surface area contributed by atoms with E-state index in [-0.39, 0.29) is 16.2 Å². The zero-order valence-corrected chi connectivity index (χ0v) is 31.9. The van der Waals surface area contributed by atoms with E-state index >= 15 is 0 Å². The molecule has 6 aromatic carbocycles. The minimum atomic E-state index is -0.177. The van der Waals surface area contributed by atoms with Gasteiger partial charge in [-0.2, -0.15) is 0 Å². The normalized spacial score (nSPS) is 12.9. The fourth-order valence-corrected chi connectivity index (χ4v) is 8.20. The first-order chi connectivity index (χ1) is 24.1. The molecule has 0 unspecified atom stereocenters. The van der Waals surface area contributed by atoms with Crippen molar-refractivity contribution in [3.05, 3.63) is 144 Å². The molecule has 0 radical (unpaired) electrons. The van der Waals surface area contributed by atoms with E-state index in [1.807, 2.05) is 0 Å². The average Bonchev–Trinajstić information content (AvgIpc) is 3.59. The highest BCUT2D eigenvalue weighted by Crippen LogP contribution is 2.47. The molecular formula is C49H50N2. The fourth-order valence-electron chi connectivity index (χ4n) is 8.20. The molecule has 0 bridgehead atoms. The topological polar surface area (TPSA) is 9.86 Å². The Balaban J connectivity index is 1.60. The van der Waals surface area contributed by atoms with E-state index < -0.39 is 0 Å². The third-order valence-electron chi connectivity index (χ3n) is 10.7. The third-order valence-corrected chi connectivity index (χ3v) is 10.7. The summed E-state index contributed by atoms with van der Waals surface area (Å²) in [6, 6.07) is 45.7. The summed E-state index contributed by atoms with van der Waals surface area (Å²) >= 11 is 0. The smallest absolute Gasteiger partial charge is 0.0547 e. The molecule has 0 fully saturated rings. The first-order valence-electron chi connectivity index (χ1n) is 18.5. The van der Waals surface area contributed by atoms with Crippen molar-refractivity contribution in [3.63, 3.8) is 0 Å². The molecule has 0 saturated heterocycles. The molecule has 2 nitrogen and oxygen atoms in total. The summed E-state index contributed by atoms with van der Waals surface area (Å²) in [6.45, 7) is 23.3. The number of aryl methyl sites for hydroxylation is 1. The summed E-state index contributed by atoms with van der Waals surface area (Å²) in [5, 5.41) is 5.20. The lowest BCUT2D eigenvalue weighted by Crippen LogP contribution is -2.17. The zero-order chi connectivity index (χ0) is 36.0. The molecule has 8 rings (SSSR count). The highest BCUT2D eigenvalue weighted by molar-refractivity contribution is 6.19. The van der Waals surface area contributed by atoms with Crippen molar-refractivity contribution in [1.82, 2.24) is 9.13 Å². The highest BCUT2D eigenvalue weighted by Gasteiger charge is 2.30. The van der Waals surface area contributed by atoms with Crippen molar-refractivity contribution < 1.29 is 0 Å². The lowest BCUT2D eigenvalue weighted by molar-refractivity contribution is 0.568. The number of benzene rings is 6. The van der Waals surface area contributed by atoms with Gasteiger partial charge in [0.15, 0.2) is 0 Å². The van der Waals surface area contributed by atoms with Gasteiger partial charge >= 0.3 is 0 Å². The highest BCUT2D eigenvalue weighted by atomic mass is 15.0. The summed E-state index contributed by atoms with van der Waals surface area (Å²) in [4.78, 5) is 0. The van der Waals surface area contributed by atoms with Crippen LogP contribution < -0.4 is 0 Å². The summed E-state index contributed by atoms with van der Waals surface area (Å²) in [5.41, 5.74) is 15.1. The van der Waals surface area contributed by atoms with Crippen LogP contribution in [-0.4, -0.2) is 9.13 Å². The first kappa shape index (κ1) is 33.1. The van der Waals surface area contributed by atoms with Crippen LogP contribution in [0.3, 0.4) is 0 Å². The quantitative estimate of drug-likeness (QED) is 0.178. The molecule has 0 amide bonds. The molecule has 0 atom stereocenters. The monoisotopic (exact) mass is 666 g/mol. The van der Waals surface area contributed by atoms with E-state index in [0.29, 0.717) is 0 Å². The van der Waals surface area contributed by atoms with Gasteiger partial charge in [-0.25, -0.2) is 0 Å². The van der Waals surface area contributed by atoms with Crippen LogP contribution in [0.5, 0.6) is 0 Å². The second-order valence-corrected chi connectivity index (χ2v) is 17.6. The number of hydrogen-bond donors (Lipinski definition) is 0. The molecule has 2 aromatic heterocycles. The maximum atomic E-state index is 2.55. The second kappa shape index (κ2) is 11.5. The number of para-hydroxylation sites is 2. The van der Waals surface area contributed by atoms with Crippen LogP contribution in [0.4, 0.5) is 0 Å². The van der Waals surface area contributed by atoms with Crippen LogP contribution in [0.25, 0.3) is 66.1 Å². The van der Waals surface area contributed by atoms with Crippen molar-refractivity contribution >= 4 is 43.6 Å². The number of rotatable bonds is 3. The van der Waals surface area contributed by atoms with E-state index in [1.165, 1.54) is 88.4 Å². The van der Waals surface area contributed by atoms with Crippen molar-refractivity contribution in [1.29, 1.82) is 0 Å². The Morgan fingerprint density at radius 2 is 0.980 bits per heavy atom. The van der Waals surface area contributed by atoms with Gasteiger partial charge in [-0.05, 0) is 93.5 Å². The molecule has 0 aliphatic heterocycles. The molecule has 0 spiro atoms. The summed E-state index contributed by atoms with van der Waals surface area (Å²) in [6.07, 6.45) is 0. The van der Waals surface area contributed by atoms with Gasteiger partial charge < -0.3 is 9.13 Å². The molecule has 0 N–H and O–H groups in total. The minimum absolute atomic E-state index is 0.00176. The zero-order valence-electron chi connectivity index (χ0n) is 31.9. The summed E-state index contributed by atoms with van der Waals surface area (Å²) in [7, 11) is 0. The Morgan fingerprint density at radius 1 is 0.431 bits per heavy atom. The van der Waals surface area contributed by atoms with E-state index in [2.05, 4.69) is 200 Å². The van der Waals surface area contributed by atoms with E-state index in [0.717, 1.165) is 0 Å². The van der Waals surface area contributed by atoms with Crippen molar-refractivity contribution in [3.8, 4) is 22.5 Å². The van der Waals surface area contributed by atoms with Crippen molar-refractivity contribution in [2.24, 2.45) is 0 Å². The molecule has 0 aliphatic carbocycles. The number of aromatic nitrogens is 2. The van der Waals surface area contributed by atoms with Crippen LogP contribution in [0, 0.1) is 6.92 Å². The molecule has 256 valence electrons. The molecule has 0 aliphatic rings. The van der Waals surface area contributed by atoms with Gasteiger partial charge in [-0.3, -0.25) is 0 Å². The van der Waals surface area contributed by atoms with Gasteiger partial charge in [0.2, 0.25) is 0 Å². The van der Waals surface area contributed by atoms with E-state index in [1.54, 1.807) is 0 Å². The predicted octanol–water partition coefficient (Wildman–Crippen LogP) is 13.7. The Labute approximate surface area is 303 Å². The maximum absolute atomic E-state index is 2.55. The standard InChI is InChI=1S/C49H50N2/c1-31-17-15-18-32(27-31)36-21-16-24-41-44(36)45-42(50(41)35-29-33(47(2,3)4)28-34(30-35)48(5,6)7)25-26-43(46(45)49(8,9)10)51-39-22-13-11-19-37(39)38-20-12-14-23-40(38)51/h11-30H,1-10H3. The van der Waals surface area contributed by atoms with Gasteiger partial charge in [0.25, 0.3) is 0 Å². The van der Waals surface area contributed by atoms with Gasteiger partial charge in [-0.1, -0.05) is 147 Å². The van der Waals surface area contributed by atoms with Crippen molar-refractivity contribution in [2.75, 3.05) is 0 Å². The summed E-state index contributed by atoms with van der Waals surface area (Å²) in [5.74, 6) is 0. The molecule has 8 aromatic rings. The molecule has 2 heterocycles. The molecular weight excluding hydrogens is 617 g/mol. The van der Waals surface area contributed by atoms with Gasteiger partial charge in [0, 0.05) is 27.2 Å². The molecule has 2 heteroatoms. The largest absolute Gasteiger partial charge is 0.309 e. The Morgan fingerprint density at radius 3 is 1.55 bits per heavy atom. The van der Waals surface area contributed by atoms with Gasteiger partial charge in [-0.15, -0.1) is 0 Å². The number of hydrogen-bond acceptors (Lipinski definition) is 0.